The van der Waals surface area contributed by atoms with Gasteiger partial charge in [0.25, 0.3) is 0 Å². The number of halogens is 1. The van der Waals surface area contributed by atoms with E-state index >= 15 is 0 Å². The van der Waals surface area contributed by atoms with E-state index in [0.717, 1.165) is 37.2 Å². The second-order valence-electron chi connectivity index (χ2n) is 5.95. The van der Waals surface area contributed by atoms with Crippen molar-refractivity contribution in [1.82, 2.24) is 15.0 Å². The highest BCUT2D eigenvalue weighted by atomic mass is 35.5. The number of benzene rings is 1. The number of hydrogen-bond acceptors (Lipinski definition) is 7. The Labute approximate surface area is 152 Å². The highest BCUT2D eigenvalue weighted by Crippen LogP contribution is 2.23. The molecule has 0 amide bonds. The lowest BCUT2D eigenvalue weighted by molar-refractivity contribution is 0.0832. The Bertz CT molecular complexity index is 681. The van der Waals surface area contributed by atoms with E-state index in [1.54, 1.807) is 7.11 Å². The van der Waals surface area contributed by atoms with E-state index in [4.69, 9.17) is 15.0 Å². The van der Waals surface area contributed by atoms with Gasteiger partial charge in [-0.2, -0.15) is 4.98 Å². The molecule has 0 radical (unpaired) electrons. The van der Waals surface area contributed by atoms with Gasteiger partial charge >= 0.3 is 0 Å². The minimum atomic E-state index is 0. The topological polar surface area (TPSA) is 94.5 Å². The Kier molecular flexibility index (Phi) is 6.92. The molecule has 0 saturated carbocycles. The quantitative estimate of drug-likeness (QED) is 0.782. The van der Waals surface area contributed by atoms with Crippen molar-refractivity contribution < 1.29 is 14.1 Å². The first-order chi connectivity index (χ1) is 11.7. The van der Waals surface area contributed by atoms with Crippen LogP contribution < -0.4 is 10.5 Å². The zero-order valence-corrected chi connectivity index (χ0v) is 15.0. The number of ether oxygens (including phenoxy) is 1. The molecule has 136 valence electrons. The number of nitrogens with two attached hydrogens (primary N) is 1. The van der Waals surface area contributed by atoms with Gasteiger partial charge in [0.05, 0.1) is 20.2 Å². The molecule has 1 aliphatic heterocycles. The molecule has 7 nitrogen and oxygen atoms in total. The van der Waals surface area contributed by atoms with Gasteiger partial charge in [-0.1, -0.05) is 5.16 Å². The second-order valence-corrected chi connectivity index (χ2v) is 5.95. The average Bonchev–Trinajstić information content (AvgIpc) is 3.09. The predicted octanol–water partition coefficient (Wildman–Crippen LogP) is 2.05. The van der Waals surface area contributed by atoms with Crippen LogP contribution in [0.3, 0.4) is 0 Å². The molecule has 1 aromatic heterocycles. The maximum atomic E-state index is 12.6. The van der Waals surface area contributed by atoms with Crippen molar-refractivity contribution in [1.29, 1.82) is 0 Å². The van der Waals surface area contributed by atoms with Crippen LogP contribution in [0.4, 0.5) is 0 Å². The van der Waals surface area contributed by atoms with Crippen LogP contribution in [-0.2, 0) is 13.1 Å². The van der Waals surface area contributed by atoms with Crippen molar-refractivity contribution >= 4 is 18.2 Å². The molecule has 2 N–H and O–H groups in total. The molecular formula is C17H23ClN4O3. The summed E-state index contributed by atoms with van der Waals surface area (Å²) in [5.74, 6) is 2.14. The lowest BCUT2D eigenvalue weighted by Gasteiger charge is -2.30. The van der Waals surface area contributed by atoms with E-state index in [2.05, 4.69) is 15.0 Å². The minimum Gasteiger partial charge on any atom is -0.497 e. The fourth-order valence-electron chi connectivity index (χ4n) is 2.98. The predicted molar refractivity (Wildman–Crippen MR) is 94.8 cm³/mol. The number of carbonyl (C=O) groups excluding carboxylic acids is 1. The van der Waals surface area contributed by atoms with Gasteiger partial charge < -0.3 is 15.0 Å². The molecule has 1 aliphatic rings. The summed E-state index contributed by atoms with van der Waals surface area (Å²) in [5.41, 5.74) is 6.22. The van der Waals surface area contributed by atoms with Crippen molar-refractivity contribution in [3.8, 4) is 5.75 Å². The summed E-state index contributed by atoms with van der Waals surface area (Å²) in [6, 6.07) is 7.32. The third kappa shape index (κ3) is 4.78. The molecule has 0 unspecified atom stereocenters. The number of ketones is 1. The Morgan fingerprint density at radius 2 is 2.00 bits per heavy atom. The average molecular weight is 367 g/mol. The molecule has 0 aliphatic carbocycles. The molecule has 25 heavy (non-hydrogen) atoms. The summed E-state index contributed by atoms with van der Waals surface area (Å²) in [6.45, 7) is 2.58. The maximum Gasteiger partial charge on any atom is 0.240 e. The molecule has 2 heterocycles. The zero-order chi connectivity index (χ0) is 16.9. The Hall–Kier alpha value is -1.96. The number of carbonyl (C=O) groups is 1. The van der Waals surface area contributed by atoms with Crippen molar-refractivity contribution in [2.24, 2.45) is 11.7 Å². The standard InChI is InChI=1S/C17H22N4O3.ClH/c1-23-14-4-2-12(3-5-14)17(22)13-6-8-21(9-7-13)11-15-19-16(10-18)24-20-15;/h2-5,13H,6-11,18H2,1H3;1H. The number of piperidine rings is 1. The first-order valence-corrected chi connectivity index (χ1v) is 8.11. The summed E-state index contributed by atoms with van der Waals surface area (Å²) < 4.78 is 10.1. The van der Waals surface area contributed by atoms with Gasteiger partial charge in [-0.25, -0.2) is 0 Å². The number of methoxy groups -OCH3 is 1. The Balaban J connectivity index is 0.00000225. The summed E-state index contributed by atoms with van der Waals surface area (Å²) >= 11 is 0. The van der Waals surface area contributed by atoms with Crippen molar-refractivity contribution in [3.63, 3.8) is 0 Å². The number of likely N-dealkylation sites (tertiary alicyclic amines) is 1. The lowest BCUT2D eigenvalue weighted by atomic mass is 9.89. The van der Waals surface area contributed by atoms with Gasteiger partial charge in [-0.05, 0) is 50.2 Å². The van der Waals surface area contributed by atoms with E-state index < -0.39 is 0 Å². The summed E-state index contributed by atoms with van der Waals surface area (Å²) in [6.07, 6.45) is 1.68. The third-order valence-electron chi connectivity index (χ3n) is 4.38. The van der Waals surface area contributed by atoms with E-state index in [0.29, 0.717) is 18.3 Å². The third-order valence-corrected chi connectivity index (χ3v) is 4.38. The molecule has 0 spiro atoms. The number of Topliss-reactive ketones (excluding diaryl/α,β-unsaturated/α-hetero) is 1. The number of hydrogen-bond donors (Lipinski definition) is 1. The van der Waals surface area contributed by atoms with E-state index in [-0.39, 0.29) is 30.7 Å². The van der Waals surface area contributed by atoms with Crippen LogP contribution in [-0.4, -0.2) is 41.0 Å². The highest BCUT2D eigenvalue weighted by Gasteiger charge is 2.26. The van der Waals surface area contributed by atoms with Crippen LogP contribution in [0.15, 0.2) is 28.8 Å². The fourth-order valence-corrected chi connectivity index (χ4v) is 2.98. The van der Waals surface area contributed by atoms with Crippen LogP contribution in [0, 0.1) is 5.92 Å². The van der Waals surface area contributed by atoms with Gasteiger partial charge in [0.2, 0.25) is 5.89 Å². The van der Waals surface area contributed by atoms with Gasteiger partial charge in [0.15, 0.2) is 11.6 Å². The lowest BCUT2D eigenvalue weighted by Crippen LogP contribution is -2.36. The molecule has 8 heteroatoms. The van der Waals surface area contributed by atoms with Gasteiger partial charge in [0.1, 0.15) is 5.75 Å². The molecule has 0 bridgehead atoms. The smallest absolute Gasteiger partial charge is 0.240 e. The monoisotopic (exact) mass is 366 g/mol. The SMILES string of the molecule is COc1ccc(C(=O)C2CCN(Cc3noc(CN)n3)CC2)cc1.Cl. The van der Waals surface area contributed by atoms with Gasteiger partial charge in [-0.3, -0.25) is 9.69 Å². The largest absolute Gasteiger partial charge is 0.497 e. The van der Waals surface area contributed by atoms with Gasteiger partial charge in [0, 0.05) is 11.5 Å². The summed E-state index contributed by atoms with van der Waals surface area (Å²) in [4.78, 5) is 19.1. The molecule has 1 aromatic carbocycles. The first kappa shape index (κ1) is 19.4. The maximum absolute atomic E-state index is 12.6. The highest BCUT2D eigenvalue weighted by molar-refractivity contribution is 5.98. The van der Waals surface area contributed by atoms with E-state index in [1.807, 2.05) is 24.3 Å². The molecule has 1 saturated heterocycles. The normalized spacial score (nSPS) is 15.6. The second kappa shape index (κ2) is 8.94. The van der Waals surface area contributed by atoms with Crippen molar-refractivity contribution in [3.05, 3.63) is 41.5 Å². The van der Waals surface area contributed by atoms with Crippen molar-refractivity contribution in [2.75, 3.05) is 20.2 Å². The number of aromatic nitrogens is 2. The molecular weight excluding hydrogens is 344 g/mol. The van der Waals surface area contributed by atoms with Crippen LogP contribution >= 0.6 is 12.4 Å². The zero-order valence-electron chi connectivity index (χ0n) is 14.2. The molecule has 0 atom stereocenters. The van der Waals surface area contributed by atoms with Crippen molar-refractivity contribution in [2.45, 2.75) is 25.9 Å². The Morgan fingerprint density at radius 1 is 1.32 bits per heavy atom. The summed E-state index contributed by atoms with van der Waals surface area (Å²) in [5, 5.41) is 3.91. The van der Waals surface area contributed by atoms with E-state index in [1.165, 1.54) is 0 Å². The van der Waals surface area contributed by atoms with Crippen LogP contribution in [0.1, 0.15) is 34.9 Å². The van der Waals surface area contributed by atoms with Crippen LogP contribution in [0.5, 0.6) is 5.75 Å². The van der Waals surface area contributed by atoms with Crippen LogP contribution in [0.25, 0.3) is 0 Å². The number of rotatable bonds is 6. The van der Waals surface area contributed by atoms with E-state index in [9.17, 15) is 4.79 Å². The van der Waals surface area contributed by atoms with Gasteiger partial charge in [-0.15, -0.1) is 12.4 Å². The molecule has 1 fully saturated rings. The number of nitrogens with zero attached hydrogens (tertiary/aromatic N) is 3. The Morgan fingerprint density at radius 3 is 2.56 bits per heavy atom. The molecule has 2 aromatic rings. The minimum absolute atomic E-state index is 0. The summed E-state index contributed by atoms with van der Waals surface area (Å²) in [7, 11) is 1.62. The first-order valence-electron chi connectivity index (χ1n) is 8.11. The van der Waals surface area contributed by atoms with Crippen LogP contribution in [0.2, 0.25) is 0 Å². The fraction of sp³-hybridized carbons (Fsp3) is 0.471. The molecule has 3 rings (SSSR count).